The monoisotopic (exact) mass is 565 g/mol. The second kappa shape index (κ2) is 12.2. The fourth-order valence-electron chi connectivity index (χ4n) is 4.41. The quantitative estimate of drug-likeness (QED) is 0.187. The Kier molecular flexibility index (Phi) is 8.53. The van der Waals surface area contributed by atoms with E-state index in [1.165, 1.54) is 11.3 Å². The first-order chi connectivity index (χ1) is 18.9. The summed E-state index contributed by atoms with van der Waals surface area (Å²) < 4.78 is 41.7. The standard InChI is InChI=1S/C28H31N5O4S2/c29-27(30)21-6-4-5-20(17-21)18-25(32-39(34,35)23-7-2-1-3-8-23)28-31-24-10-9-22(19-26(24)38-28)37-16-13-33-11-14-36-15-12-33/h1-10,17,19,25,32H,11-16,18H2,(H3,29,30). The van der Waals surface area contributed by atoms with Gasteiger partial charge in [0.05, 0.1) is 34.4 Å². The molecule has 1 fully saturated rings. The molecule has 2 heterocycles. The first-order valence-electron chi connectivity index (χ1n) is 12.7. The zero-order valence-electron chi connectivity index (χ0n) is 21.4. The molecule has 0 aliphatic carbocycles. The lowest BCUT2D eigenvalue weighted by Crippen LogP contribution is -2.38. The molecule has 204 valence electrons. The van der Waals surface area contributed by atoms with Gasteiger partial charge in [-0.1, -0.05) is 36.4 Å². The third-order valence-corrected chi connectivity index (χ3v) is 9.10. The van der Waals surface area contributed by atoms with Gasteiger partial charge in [-0.3, -0.25) is 10.3 Å². The lowest BCUT2D eigenvalue weighted by molar-refractivity contribution is 0.0322. The molecule has 1 unspecified atom stereocenters. The Morgan fingerprint density at radius 3 is 2.67 bits per heavy atom. The Bertz CT molecular complexity index is 1540. The Morgan fingerprint density at radius 1 is 1.10 bits per heavy atom. The molecule has 3 aromatic carbocycles. The molecule has 11 heteroatoms. The summed E-state index contributed by atoms with van der Waals surface area (Å²) in [6.45, 7) is 4.74. The van der Waals surface area contributed by atoms with E-state index in [1.54, 1.807) is 42.5 Å². The maximum Gasteiger partial charge on any atom is 0.241 e. The normalized spacial score (nSPS) is 15.3. The summed E-state index contributed by atoms with van der Waals surface area (Å²) in [6, 6.07) is 20.7. The van der Waals surface area contributed by atoms with Crippen LogP contribution in [0.3, 0.4) is 0 Å². The third-order valence-electron chi connectivity index (χ3n) is 6.48. The SMILES string of the molecule is N=C(N)c1cccc(CC(NS(=O)(=O)c2ccccc2)c2nc3ccc(OCCN4CCOCC4)cc3s2)c1. The topological polar surface area (TPSA) is 131 Å². The molecule has 0 spiro atoms. The molecule has 0 amide bonds. The largest absolute Gasteiger partial charge is 0.492 e. The van der Waals surface area contributed by atoms with Crippen LogP contribution in [0.2, 0.25) is 0 Å². The summed E-state index contributed by atoms with van der Waals surface area (Å²) >= 11 is 1.43. The van der Waals surface area contributed by atoms with Crippen LogP contribution in [0.1, 0.15) is 22.2 Å². The molecule has 0 bridgehead atoms. The van der Waals surface area contributed by atoms with Gasteiger partial charge < -0.3 is 15.2 Å². The minimum atomic E-state index is -3.81. The average molecular weight is 566 g/mol. The Hall–Kier alpha value is -3.35. The van der Waals surface area contributed by atoms with Crippen molar-refractivity contribution in [3.05, 3.63) is 88.9 Å². The minimum absolute atomic E-state index is 0.0422. The van der Waals surface area contributed by atoms with Crippen molar-refractivity contribution in [1.29, 1.82) is 5.41 Å². The van der Waals surface area contributed by atoms with Crippen molar-refractivity contribution in [2.45, 2.75) is 17.4 Å². The number of rotatable bonds is 11. The molecule has 4 N–H and O–H groups in total. The van der Waals surface area contributed by atoms with Gasteiger partial charge in [-0.25, -0.2) is 18.1 Å². The van der Waals surface area contributed by atoms with E-state index in [2.05, 4.69) is 9.62 Å². The molecule has 1 aliphatic rings. The lowest BCUT2D eigenvalue weighted by atomic mass is 10.0. The molecule has 4 aromatic rings. The number of nitrogens with zero attached hydrogens (tertiary/aromatic N) is 2. The molecule has 1 aromatic heterocycles. The van der Waals surface area contributed by atoms with Crippen molar-refractivity contribution in [1.82, 2.24) is 14.6 Å². The fraction of sp³-hybridized carbons (Fsp3) is 0.286. The summed E-state index contributed by atoms with van der Waals surface area (Å²) in [5, 5.41) is 8.41. The number of nitrogen functional groups attached to an aromatic ring is 1. The van der Waals surface area contributed by atoms with E-state index in [0.29, 0.717) is 23.6 Å². The Labute approximate surface area is 232 Å². The molecule has 1 atom stereocenters. The molecular formula is C28H31N5O4S2. The van der Waals surface area contributed by atoms with Gasteiger partial charge in [-0.05, 0) is 48.4 Å². The van der Waals surface area contributed by atoms with E-state index < -0.39 is 16.1 Å². The summed E-state index contributed by atoms with van der Waals surface area (Å²) in [4.78, 5) is 7.29. The van der Waals surface area contributed by atoms with Gasteiger partial charge in [-0.2, -0.15) is 0 Å². The number of thiazole rings is 1. The molecular weight excluding hydrogens is 534 g/mol. The second-order valence-electron chi connectivity index (χ2n) is 9.29. The number of aromatic nitrogens is 1. The van der Waals surface area contributed by atoms with Crippen LogP contribution in [0.15, 0.2) is 77.7 Å². The van der Waals surface area contributed by atoms with Gasteiger partial charge in [0.1, 0.15) is 23.2 Å². The first-order valence-corrected chi connectivity index (χ1v) is 15.0. The molecule has 9 nitrogen and oxygen atoms in total. The minimum Gasteiger partial charge on any atom is -0.492 e. The molecule has 39 heavy (non-hydrogen) atoms. The van der Waals surface area contributed by atoms with Gasteiger partial charge >= 0.3 is 0 Å². The van der Waals surface area contributed by atoms with Crippen molar-refractivity contribution < 1.29 is 17.9 Å². The highest BCUT2D eigenvalue weighted by molar-refractivity contribution is 7.89. The maximum absolute atomic E-state index is 13.3. The number of hydrogen-bond donors (Lipinski definition) is 3. The summed E-state index contributed by atoms with van der Waals surface area (Å²) in [5.41, 5.74) is 7.89. The molecule has 0 radical (unpaired) electrons. The zero-order valence-corrected chi connectivity index (χ0v) is 23.0. The number of sulfonamides is 1. The highest BCUT2D eigenvalue weighted by Gasteiger charge is 2.25. The predicted octanol–water partition coefficient (Wildman–Crippen LogP) is 3.55. The van der Waals surface area contributed by atoms with Gasteiger partial charge in [-0.15, -0.1) is 11.3 Å². The van der Waals surface area contributed by atoms with E-state index in [-0.39, 0.29) is 10.7 Å². The highest BCUT2D eigenvalue weighted by Crippen LogP contribution is 2.32. The molecule has 5 rings (SSSR count). The average Bonchev–Trinajstić information content (AvgIpc) is 3.37. The number of benzene rings is 3. The van der Waals surface area contributed by atoms with Gasteiger partial charge in [0.25, 0.3) is 0 Å². The van der Waals surface area contributed by atoms with Crippen LogP contribution < -0.4 is 15.2 Å². The van der Waals surface area contributed by atoms with Crippen molar-refractivity contribution in [3.8, 4) is 5.75 Å². The Morgan fingerprint density at radius 2 is 1.90 bits per heavy atom. The number of fused-ring (bicyclic) bond motifs is 1. The Balaban J connectivity index is 1.39. The lowest BCUT2D eigenvalue weighted by Gasteiger charge is -2.26. The van der Waals surface area contributed by atoms with E-state index in [0.717, 1.165) is 54.4 Å². The van der Waals surface area contributed by atoms with Gasteiger partial charge in [0.2, 0.25) is 10.0 Å². The van der Waals surface area contributed by atoms with Crippen molar-refractivity contribution in [2.24, 2.45) is 5.73 Å². The number of nitrogens with two attached hydrogens (primary N) is 1. The van der Waals surface area contributed by atoms with Crippen LogP contribution in [0.5, 0.6) is 5.75 Å². The smallest absolute Gasteiger partial charge is 0.241 e. The van der Waals surface area contributed by atoms with Gasteiger partial charge in [0, 0.05) is 25.2 Å². The second-order valence-corrected chi connectivity index (χ2v) is 12.1. The number of morpholine rings is 1. The van der Waals surface area contributed by atoms with Crippen LogP contribution >= 0.6 is 11.3 Å². The van der Waals surface area contributed by atoms with E-state index in [1.807, 2.05) is 30.3 Å². The summed E-state index contributed by atoms with van der Waals surface area (Å²) in [5.74, 6) is 0.709. The van der Waals surface area contributed by atoms with Crippen molar-refractivity contribution in [3.63, 3.8) is 0 Å². The maximum atomic E-state index is 13.3. The van der Waals surface area contributed by atoms with Crippen LogP contribution in [0.25, 0.3) is 10.2 Å². The molecule has 1 saturated heterocycles. The molecule has 1 aliphatic heterocycles. The van der Waals surface area contributed by atoms with Crippen LogP contribution in [-0.4, -0.2) is 63.6 Å². The third kappa shape index (κ3) is 7.00. The van der Waals surface area contributed by atoms with E-state index >= 15 is 0 Å². The summed E-state index contributed by atoms with van der Waals surface area (Å²) in [7, 11) is -3.81. The van der Waals surface area contributed by atoms with Crippen molar-refractivity contribution in [2.75, 3.05) is 39.5 Å². The number of nitrogens with one attached hydrogen (secondary N) is 2. The number of amidine groups is 1. The van der Waals surface area contributed by atoms with E-state index in [9.17, 15) is 8.42 Å². The fourth-order valence-corrected chi connectivity index (χ4v) is 6.76. The van der Waals surface area contributed by atoms with Crippen LogP contribution in [0, 0.1) is 5.41 Å². The van der Waals surface area contributed by atoms with Crippen molar-refractivity contribution >= 4 is 37.4 Å². The van der Waals surface area contributed by atoms with Crippen LogP contribution in [-0.2, 0) is 21.2 Å². The van der Waals surface area contributed by atoms with E-state index in [4.69, 9.17) is 25.6 Å². The van der Waals surface area contributed by atoms with Gasteiger partial charge in [0.15, 0.2) is 0 Å². The molecule has 0 saturated carbocycles. The predicted molar refractivity (Wildman–Crippen MR) is 153 cm³/mol. The van der Waals surface area contributed by atoms with Crippen LogP contribution in [0.4, 0.5) is 0 Å². The number of hydrogen-bond acceptors (Lipinski definition) is 8. The number of ether oxygens (including phenoxy) is 2. The highest BCUT2D eigenvalue weighted by atomic mass is 32.2. The summed E-state index contributed by atoms with van der Waals surface area (Å²) in [6.07, 6.45) is 0.343. The first kappa shape index (κ1) is 27.2. The zero-order chi connectivity index (χ0) is 27.2.